The largest absolute Gasteiger partial charge is 0.508 e. The normalized spacial score (nSPS) is 17.8. The third-order valence-electron chi connectivity index (χ3n) is 4.10. The molecule has 0 amide bonds. The van der Waals surface area contributed by atoms with Gasteiger partial charge in [-0.25, -0.2) is 0 Å². The smallest absolute Gasteiger partial charge is 0.250 e. The highest BCUT2D eigenvalue weighted by atomic mass is 32.2. The van der Waals surface area contributed by atoms with Crippen molar-refractivity contribution < 1.29 is 13.9 Å². The number of phenols is 1. The average Bonchev–Trinajstić information content (AvgIpc) is 2.99. The molecular formula is C22H18N2O2S. The summed E-state index contributed by atoms with van der Waals surface area (Å²) < 4.78 is 15.1. The summed E-state index contributed by atoms with van der Waals surface area (Å²) in [6.45, 7) is 0. The quantitative estimate of drug-likeness (QED) is 0.523. The van der Waals surface area contributed by atoms with E-state index in [0.717, 1.165) is 16.9 Å². The highest BCUT2D eigenvalue weighted by Gasteiger charge is 2.32. The van der Waals surface area contributed by atoms with Crippen LogP contribution in [0.3, 0.4) is 0 Å². The van der Waals surface area contributed by atoms with E-state index in [-0.39, 0.29) is 5.75 Å². The predicted molar refractivity (Wildman–Crippen MR) is 110 cm³/mol. The summed E-state index contributed by atoms with van der Waals surface area (Å²) in [5.41, 5.74) is 3.17. The Hall–Kier alpha value is -3.31. The summed E-state index contributed by atoms with van der Waals surface area (Å²) in [5.74, 6) is 0.180. The van der Waals surface area contributed by atoms with Crippen LogP contribution in [0.2, 0.25) is 0 Å². The average molecular weight is 374 g/mol. The van der Waals surface area contributed by atoms with Gasteiger partial charge >= 0.3 is 0 Å². The van der Waals surface area contributed by atoms with Crippen LogP contribution in [-0.4, -0.2) is 20.1 Å². The summed E-state index contributed by atoms with van der Waals surface area (Å²) in [6, 6.07) is 26.3. The molecule has 3 aromatic carbocycles. The van der Waals surface area contributed by atoms with E-state index in [1.807, 2.05) is 83.6 Å². The molecule has 0 radical (unpaired) electrons. The van der Waals surface area contributed by atoms with Gasteiger partial charge in [-0.15, -0.1) is 0 Å². The molecule has 0 fully saturated rings. The van der Waals surface area contributed by atoms with Crippen molar-refractivity contribution >= 4 is 34.5 Å². The number of nitrogens with zero attached hydrogens (tertiary/aromatic N) is 1. The molecule has 0 aromatic heterocycles. The standard InChI is InChI=1S/C22H18N2O2S/c25-20-13-7-8-17(14-20)15-21-16-24(19-11-5-2-6-12-19)22(27(21)26)23-18-9-3-1-4-10-18/h1-16,23,25H. The molecule has 4 nitrogen and oxygen atoms in total. The number of benzene rings is 3. The number of hydrogen-bond acceptors (Lipinski definition) is 3. The molecule has 27 heavy (non-hydrogen) atoms. The van der Waals surface area contributed by atoms with E-state index < -0.39 is 10.8 Å². The molecule has 1 unspecified atom stereocenters. The Morgan fingerprint density at radius 1 is 0.926 bits per heavy atom. The van der Waals surface area contributed by atoms with Gasteiger partial charge in [-0.05, 0) is 48.0 Å². The topological polar surface area (TPSA) is 52.3 Å². The van der Waals surface area contributed by atoms with Gasteiger partial charge in [0.15, 0.2) is 0 Å². The zero-order chi connectivity index (χ0) is 18.6. The maximum Gasteiger partial charge on any atom is 0.250 e. The second kappa shape index (κ2) is 7.51. The van der Waals surface area contributed by atoms with E-state index in [1.165, 1.54) is 0 Å². The fraction of sp³-hybridized carbons (Fsp3) is 0. The number of nitrogens with one attached hydrogen (secondary N) is 1. The van der Waals surface area contributed by atoms with Crippen molar-refractivity contribution in [1.29, 1.82) is 0 Å². The summed E-state index contributed by atoms with van der Waals surface area (Å²) in [6.07, 6.45) is 3.69. The molecule has 0 bridgehead atoms. The first-order chi connectivity index (χ1) is 13.2. The number of allylic oxidation sites excluding steroid dienone is 1. The van der Waals surface area contributed by atoms with Crippen LogP contribution < -0.4 is 5.32 Å². The first-order valence-electron chi connectivity index (χ1n) is 8.51. The molecule has 1 atom stereocenters. The second-order valence-electron chi connectivity index (χ2n) is 6.04. The van der Waals surface area contributed by atoms with Crippen LogP contribution in [0.25, 0.3) is 6.08 Å². The van der Waals surface area contributed by atoms with Crippen molar-refractivity contribution in [3.8, 4) is 5.75 Å². The molecule has 1 aliphatic rings. The monoisotopic (exact) mass is 374 g/mol. The second-order valence-corrected chi connectivity index (χ2v) is 7.44. The summed E-state index contributed by atoms with van der Waals surface area (Å²) in [7, 11) is -1.38. The van der Waals surface area contributed by atoms with Gasteiger partial charge in [-0.1, -0.05) is 48.5 Å². The molecule has 1 heterocycles. The van der Waals surface area contributed by atoms with Crippen LogP contribution in [0.1, 0.15) is 5.56 Å². The van der Waals surface area contributed by atoms with E-state index in [0.29, 0.717) is 10.4 Å². The Balaban J connectivity index is 1.74. The van der Waals surface area contributed by atoms with Crippen LogP contribution >= 0.6 is 0 Å². The van der Waals surface area contributed by atoms with Crippen molar-refractivity contribution in [1.82, 2.24) is 0 Å². The molecule has 3 aromatic rings. The number of anilines is 1. The zero-order valence-corrected chi connectivity index (χ0v) is 15.3. The van der Waals surface area contributed by atoms with E-state index in [2.05, 4.69) is 5.32 Å². The molecule has 5 heteroatoms. The van der Waals surface area contributed by atoms with E-state index >= 15 is 0 Å². The molecule has 0 aliphatic carbocycles. The van der Waals surface area contributed by atoms with Gasteiger partial charge in [0.05, 0.1) is 6.21 Å². The number of hydrogen-bond donors (Lipinski definition) is 2. The Morgan fingerprint density at radius 2 is 1.63 bits per heavy atom. The van der Waals surface area contributed by atoms with Crippen molar-refractivity contribution in [2.75, 3.05) is 5.32 Å². The minimum absolute atomic E-state index is 0.180. The molecule has 1 aliphatic heterocycles. The van der Waals surface area contributed by atoms with Gasteiger partial charge < -0.3 is 10.4 Å². The van der Waals surface area contributed by atoms with Crippen LogP contribution in [0.15, 0.2) is 89.8 Å². The van der Waals surface area contributed by atoms with Crippen molar-refractivity contribution in [3.05, 3.63) is 101 Å². The molecule has 4 rings (SSSR count). The summed E-state index contributed by atoms with van der Waals surface area (Å²) >= 11 is 0. The molecular weight excluding hydrogens is 356 g/mol. The van der Waals surface area contributed by atoms with Gasteiger partial charge in [0, 0.05) is 10.6 Å². The first kappa shape index (κ1) is 17.1. The van der Waals surface area contributed by atoms with Crippen LogP contribution in [0.4, 0.5) is 11.4 Å². The molecule has 0 saturated heterocycles. The third-order valence-corrected chi connectivity index (χ3v) is 5.40. The maximum absolute atomic E-state index is 13.2. The molecule has 0 spiro atoms. The van der Waals surface area contributed by atoms with E-state index in [4.69, 9.17) is 0 Å². The minimum atomic E-state index is -1.38. The molecule has 134 valence electrons. The number of para-hydroxylation sites is 2. The van der Waals surface area contributed by atoms with Crippen LogP contribution in [0.5, 0.6) is 5.75 Å². The van der Waals surface area contributed by atoms with E-state index in [1.54, 1.807) is 18.2 Å². The first-order valence-corrected chi connectivity index (χ1v) is 9.66. The number of aromatic hydroxyl groups is 1. The molecule has 2 N–H and O–H groups in total. The zero-order valence-electron chi connectivity index (χ0n) is 14.4. The fourth-order valence-electron chi connectivity index (χ4n) is 2.84. The highest BCUT2D eigenvalue weighted by molar-refractivity contribution is 7.93. The Morgan fingerprint density at radius 3 is 2.33 bits per heavy atom. The van der Waals surface area contributed by atoms with Crippen LogP contribution in [-0.2, 0) is 10.8 Å². The van der Waals surface area contributed by atoms with Gasteiger partial charge in [-0.3, -0.25) is 8.78 Å². The van der Waals surface area contributed by atoms with Gasteiger partial charge in [0.25, 0.3) is 0 Å². The maximum atomic E-state index is 13.2. The minimum Gasteiger partial charge on any atom is -0.508 e. The lowest BCUT2D eigenvalue weighted by molar-refractivity contribution is -0.393. The summed E-state index contributed by atoms with van der Waals surface area (Å²) in [5, 5.41) is 13.0. The van der Waals surface area contributed by atoms with Crippen molar-refractivity contribution in [2.24, 2.45) is 0 Å². The SMILES string of the molecule is O=S1C(=Cc2cccc(O)c2)C=[N+](c2ccccc2)[C-]1Nc1ccccc1. The number of rotatable bonds is 4. The Labute approximate surface area is 160 Å². The lowest BCUT2D eigenvalue weighted by Gasteiger charge is -2.18. The lowest BCUT2D eigenvalue weighted by Crippen LogP contribution is -2.21. The predicted octanol–water partition coefficient (Wildman–Crippen LogP) is 4.47. The molecule has 0 saturated carbocycles. The number of phenolic OH excluding ortho intramolecular Hbond substituents is 1. The fourth-order valence-corrected chi connectivity index (χ4v) is 4.05. The Bertz CT molecular complexity index is 1030. The van der Waals surface area contributed by atoms with E-state index in [9.17, 15) is 9.32 Å². The summed E-state index contributed by atoms with van der Waals surface area (Å²) in [4.78, 5) is 0.655. The van der Waals surface area contributed by atoms with Gasteiger partial charge in [0.2, 0.25) is 5.50 Å². The van der Waals surface area contributed by atoms with Gasteiger partial charge in [0.1, 0.15) is 22.2 Å². The van der Waals surface area contributed by atoms with Crippen molar-refractivity contribution in [3.63, 3.8) is 0 Å². The van der Waals surface area contributed by atoms with Crippen LogP contribution in [0, 0.1) is 5.50 Å². The van der Waals surface area contributed by atoms with Gasteiger partial charge in [-0.2, -0.15) is 0 Å². The third kappa shape index (κ3) is 3.78. The van der Waals surface area contributed by atoms with Crippen molar-refractivity contribution in [2.45, 2.75) is 0 Å². The lowest BCUT2D eigenvalue weighted by atomic mass is 10.2. The Kier molecular flexibility index (Phi) is 4.77. The highest BCUT2D eigenvalue weighted by Crippen LogP contribution is 2.31.